The van der Waals surface area contributed by atoms with Crippen LogP contribution in [0, 0.1) is 6.92 Å². The van der Waals surface area contributed by atoms with Crippen LogP contribution in [0.1, 0.15) is 18.1 Å². The van der Waals surface area contributed by atoms with Gasteiger partial charge in [0.2, 0.25) is 0 Å². The number of aryl methyl sites for hydroxylation is 1. The smallest absolute Gasteiger partial charge is 0.191 e. The molecule has 7 heteroatoms. The van der Waals surface area contributed by atoms with Gasteiger partial charge in [0.1, 0.15) is 11.9 Å². The van der Waals surface area contributed by atoms with Crippen molar-refractivity contribution in [2.45, 2.75) is 25.7 Å². The second-order valence-electron chi connectivity index (χ2n) is 6.40. The van der Waals surface area contributed by atoms with E-state index in [0.29, 0.717) is 30.6 Å². The third-order valence-electron chi connectivity index (χ3n) is 3.90. The van der Waals surface area contributed by atoms with Gasteiger partial charge in [-0.2, -0.15) is 0 Å². The average Bonchev–Trinajstić information content (AvgIpc) is 2.65. The zero-order valence-corrected chi connectivity index (χ0v) is 19.8. The Morgan fingerprint density at radius 1 is 1.14 bits per heavy atom. The topological polar surface area (TPSA) is 62.7 Å². The predicted molar refractivity (Wildman–Crippen MR) is 129 cm³/mol. The Hall–Kier alpha value is -1.61. The van der Waals surface area contributed by atoms with Crippen LogP contribution in [0.3, 0.4) is 0 Å². The summed E-state index contributed by atoms with van der Waals surface area (Å²) < 4.78 is 18.1. The summed E-state index contributed by atoms with van der Waals surface area (Å²) in [5.74, 6) is 2.70. The number of aliphatic imine (C=N–C) groups is 1. The summed E-state index contributed by atoms with van der Waals surface area (Å²) in [6.45, 7) is 5.29. The van der Waals surface area contributed by atoms with Crippen molar-refractivity contribution in [3.63, 3.8) is 0 Å². The molecule has 0 aliphatic heterocycles. The summed E-state index contributed by atoms with van der Waals surface area (Å²) in [7, 11) is 0.824. The van der Waals surface area contributed by atoms with Crippen molar-refractivity contribution < 1.29 is 8.95 Å². The largest absolute Gasteiger partial charge is 0.489 e. The fourth-order valence-corrected chi connectivity index (χ4v) is 3.58. The van der Waals surface area contributed by atoms with E-state index in [-0.39, 0.29) is 30.1 Å². The van der Waals surface area contributed by atoms with Gasteiger partial charge in [0.15, 0.2) is 5.96 Å². The molecule has 0 saturated heterocycles. The Bertz CT molecular complexity index is 756. The summed E-state index contributed by atoms with van der Waals surface area (Å²) >= 11 is 0. The first kappa shape index (κ1) is 24.4. The van der Waals surface area contributed by atoms with Crippen LogP contribution in [-0.2, 0) is 16.6 Å². The number of guanidine groups is 1. The van der Waals surface area contributed by atoms with Crippen molar-refractivity contribution in [1.29, 1.82) is 0 Å². The van der Waals surface area contributed by atoms with Crippen molar-refractivity contribution in [3.05, 3.63) is 65.7 Å². The molecule has 0 spiro atoms. The average molecular weight is 515 g/mol. The van der Waals surface area contributed by atoms with Crippen molar-refractivity contribution in [2.75, 3.05) is 25.9 Å². The van der Waals surface area contributed by atoms with E-state index in [1.807, 2.05) is 68.4 Å². The van der Waals surface area contributed by atoms with Crippen LogP contribution in [0.25, 0.3) is 0 Å². The van der Waals surface area contributed by atoms with Crippen LogP contribution >= 0.6 is 24.0 Å². The van der Waals surface area contributed by atoms with Crippen LogP contribution in [-0.4, -0.2) is 42.2 Å². The number of hydrogen-bond donors (Lipinski definition) is 2. The van der Waals surface area contributed by atoms with Gasteiger partial charge >= 0.3 is 0 Å². The highest BCUT2D eigenvalue weighted by Gasteiger charge is 2.07. The van der Waals surface area contributed by atoms with Gasteiger partial charge in [-0.25, -0.2) is 0 Å². The van der Waals surface area contributed by atoms with Gasteiger partial charge in [0.25, 0.3) is 0 Å². The molecule has 28 heavy (non-hydrogen) atoms. The maximum absolute atomic E-state index is 12.2. The molecule has 2 aromatic carbocycles. The molecule has 0 heterocycles. The lowest BCUT2D eigenvalue weighted by Gasteiger charge is -2.18. The van der Waals surface area contributed by atoms with E-state index < -0.39 is 10.8 Å². The summed E-state index contributed by atoms with van der Waals surface area (Å²) in [4.78, 5) is 4.20. The second-order valence-corrected chi connectivity index (χ2v) is 7.98. The maximum atomic E-state index is 12.2. The van der Waals surface area contributed by atoms with Crippen LogP contribution in [0.15, 0.2) is 59.6 Å². The van der Waals surface area contributed by atoms with E-state index in [9.17, 15) is 4.21 Å². The molecular weight excluding hydrogens is 485 g/mol. The number of rotatable bonds is 9. The van der Waals surface area contributed by atoms with Gasteiger partial charge in [0.05, 0.1) is 6.54 Å². The lowest BCUT2D eigenvalue weighted by atomic mass is 10.2. The summed E-state index contributed by atoms with van der Waals surface area (Å²) in [5.41, 5.74) is 2.27. The number of hydrogen-bond acceptors (Lipinski definition) is 3. The fourth-order valence-electron chi connectivity index (χ4n) is 2.54. The van der Waals surface area contributed by atoms with Crippen molar-refractivity contribution in [1.82, 2.24) is 10.6 Å². The van der Waals surface area contributed by atoms with Crippen molar-refractivity contribution in [2.24, 2.45) is 4.99 Å². The van der Waals surface area contributed by atoms with Gasteiger partial charge in [-0.05, 0) is 37.1 Å². The van der Waals surface area contributed by atoms with Gasteiger partial charge in [0, 0.05) is 35.9 Å². The van der Waals surface area contributed by atoms with Crippen LogP contribution in [0.5, 0.6) is 5.75 Å². The molecule has 2 atom stereocenters. The Kier molecular flexibility index (Phi) is 11.8. The Balaban J connectivity index is 0.00000392. The zero-order chi connectivity index (χ0) is 19.5. The Morgan fingerprint density at radius 3 is 2.57 bits per heavy atom. The first-order valence-electron chi connectivity index (χ1n) is 9.13. The minimum absolute atomic E-state index is 0. The first-order chi connectivity index (χ1) is 13.1. The molecule has 0 aliphatic rings. The molecule has 0 radical (unpaired) electrons. The normalized spacial score (nSPS) is 13.2. The highest BCUT2D eigenvalue weighted by atomic mass is 127. The molecule has 2 rings (SSSR count). The summed E-state index contributed by atoms with van der Waals surface area (Å²) in [5, 5.41) is 6.45. The summed E-state index contributed by atoms with van der Waals surface area (Å²) in [6, 6.07) is 17.9. The van der Waals surface area contributed by atoms with E-state index in [1.165, 1.54) is 5.56 Å². The molecule has 0 aliphatic carbocycles. The van der Waals surface area contributed by atoms with Gasteiger partial charge in [-0.1, -0.05) is 42.5 Å². The van der Waals surface area contributed by atoms with E-state index in [0.717, 1.165) is 11.3 Å². The maximum Gasteiger partial charge on any atom is 0.191 e. The minimum Gasteiger partial charge on any atom is -0.489 e. The summed E-state index contributed by atoms with van der Waals surface area (Å²) in [6.07, 6.45) is -0.00226. The molecule has 2 aromatic rings. The molecule has 5 nitrogen and oxygen atoms in total. The Morgan fingerprint density at radius 2 is 1.89 bits per heavy atom. The molecule has 154 valence electrons. The Labute approximate surface area is 187 Å². The van der Waals surface area contributed by atoms with Crippen LogP contribution in [0.4, 0.5) is 0 Å². The highest BCUT2D eigenvalue weighted by molar-refractivity contribution is 14.0. The number of benzene rings is 2. The molecule has 0 bridgehead atoms. The molecule has 0 amide bonds. The number of nitrogens with zero attached hydrogens (tertiary/aromatic N) is 1. The standard InChI is InChI=1S/C21H29N3O2S.HI/c1-17-8-7-11-20(14-17)26-18(2)15-24-21(22-3)23-12-13-27(25)16-19-9-5-4-6-10-19;/h4-11,14,18H,12-13,15-16H2,1-3H3,(H2,22,23,24);1H. The molecular formula is C21H30IN3O2S. The predicted octanol–water partition coefficient (Wildman–Crippen LogP) is 3.49. The van der Waals surface area contributed by atoms with Crippen molar-refractivity contribution >= 4 is 40.7 Å². The van der Waals surface area contributed by atoms with E-state index in [2.05, 4.69) is 15.6 Å². The highest BCUT2D eigenvalue weighted by Crippen LogP contribution is 2.13. The lowest BCUT2D eigenvalue weighted by Crippen LogP contribution is -2.43. The van der Waals surface area contributed by atoms with Crippen molar-refractivity contribution in [3.8, 4) is 5.75 Å². The zero-order valence-electron chi connectivity index (χ0n) is 16.7. The van der Waals surface area contributed by atoms with Crippen LogP contribution in [0.2, 0.25) is 0 Å². The second kappa shape index (κ2) is 13.5. The third kappa shape index (κ3) is 9.54. The first-order valence-corrected chi connectivity index (χ1v) is 10.6. The number of nitrogens with one attached hydrogen (secondary N) is 2. The molecule has 2 unspecified atom stereocenters. The molecule has 0 saturated carbocycles. The van der Waals surface area contributed by atoms with E-state index in [4.69, 9.17) is 4.74 Å². The van der Waals surface area contributed by atoms with Gasteiger partial charge in [-0.3, -0.25) is 9.20 Å². The quantitative estimate of drug-likeness (QED) is 0.305. The SMILES string of the molecule is CN=C(NCCS(=O)Cc1ccccc1)NCC(C)Oc1cccc(C)c1.I. The number of ether oxygens (including phenoxy) is 1. The van der Waals surface area contributed by atoms with E-state index in [1.54, 1.807) is 7.05 Å². The fraction of sp³-hybridized carbons (Fsp3) is 0.381. The monoisotopic (exact) mass is 515 g/mol. The number of halogens is 1. The van der Waals surface area contributed by atoms with Gasteiger partial charge in [-0.15, -0.1) is 24.0 Å². The molecule has 0 fully saturated rings. The van der Waals surface area contributed by atoms with Gasteiger partial charge < -0.3 is 15.4 Å². The van der Waals surface area contributed by atoms with Crippen LogP contribution < -0.4 is 15.4 Å². The minimum atomic E-state index is -0.901. The van der Waals surface area contributed by atoms with E-state index >= 15 is 0 Å². The molecule has 2 N–H and O–H groups in total. The molecule has 0 aromatic heterocycles. The lowest BCUT2D eigenvalue weighted by molar-refractivity contribution is 0.223. The third-order valence-corrected chi connectivity index (χ3v) is 5.21.